The second-order valence-electron chi connectivity index (χ2n) is 4.32. The van der Waals surface area contributed by atoms with Gasteiger partial charge in [-0.05, 0) is 31.0 Å². The van der Waals surface area contributed by atoms with Crippen LogP contribution in [0.3, 0.4) is 0 Å². The number of para-hydroxylation sites is 1. The maximum Gasteiger partial charge on any atom is 0.151 e. The molecule has 106 valence electrons. The summed E-state index contributed by atoms with van der Waals surface area (Å²) in [4.78, 5) is 4.45. The van der Waals surface area contributed by atoms with Crippen LogP contribution in [0.1, 0.15) is 19.4 Å². The number of aryl methyl sites for hydroxylation is 1. The van der Waals surface area contributed by atoms with Crippen LogP contribution in [0.15, 0.2) is 30.3 Å². The van der Waals surface area contributed by atoms with Gasteiger partial charge in [0.15, 0.2) is 5.82 Å². The van der Waals surface area contributed by atoms with Gasteiger partial charge in [0.1, 0.15) is 5.82 Å². The van der Waals surface area contributed by atoms with Crippen molar-refractivity contribution in [3.63, 3.8) is 0 Å². The lowest BCUT2D eigenvalue weighted by molar-refractivity contribution is 1.13. The van der Waals surface area contributed by atoms with Gasteiger partial charge < -0.3 is 10.6 Å². The summed E-state index contributed by atoms with van der Waals surface area (Å²) in [5.74, 6) is 1.24. The quantitative estimate of drug-likeness (QED) is 0.804. The van der Waals surface area contributed by atoms with Crippen molar-refractivity contribution in [3.05, 3.63) is 45.9 Å². The van der Waals surface area contributed by atoms with Crippen LogP contribution >= 0.6 is 23.2 Å². The van der Waals surface area contributed by atoms with E-state index in [0.717, 1.165) is 18.7 Å². The third kappa shape index (κ3) is 3.35. The monoisotopic (exact) mass is 309 g/mol. The molecule has 0 aliphatic rings. The van der Waals surface area contributed by atoms with E-state index in [4.69, 9.17) is 23.2 Å². The molecule has 1 aromatic carbocycles. The zero-order valence-corrected chi connectivity index (χ0v) is 13.0. The lowest BCUT2D eigenvalue weighted by atomic mass is 10.1. The number of aromatic nitrogens is 1. The second kappa shape index (κ2) is 6.82. The van der Waals surface area contributed by atoms with E-state index in [9.17, 15) is 0 Å². The number of anilines is 3. The van der Waals surface area contributed by atoms with Gasteiger partial charge in [-0.3, -0.25) is 0 Å². The molecule has 0 bridgehead atoms. The van der Waals surface area contributed by atoms with Crippen molar-refractivity contribution in [1.29, 1.82) is 0 Å². The van der Waals surface area contributed by atoms with Crippen molar-refractivity contribution in [2.45, 2.75) is 20.3 Å². The van der Waals surface area contributed by atoms with Crippen LogP contribution in [0.25, 0.3) is 0 Å². The first kappa shape index (κ1) is 14.9. The Morgan fingerprint density at radius 1 is 1.05 bits per heavy atom. The van der Waals surface area contributed by atoms with Crippen LogP contribution < -0.4 is 10.6 Å². The smallest absolute Gasteiger partial charge is 0.151 e. The molecular formula is C15H17Cl2N3. The summed E-state index contributed by atoms with van der Waals surface area (Å²) in [7, 11) is 0. The highest BCUT2D eigenvalue weighted by Crippen LogP contribution is 2.31. The van der Waals surface area contributed by atoms with Crippen LogP contribution in [-0.2, 0) is 6.42 Å². The minimum Gasteiger partial charge on any atom is -0.369 e. The molecule has 3 nitrogen and oxygen atoms in total. The Hall–Kier alpha value is -1.45. The number of nitrogens with zero attached hydrogens (tertiary/aromatic N) is 1. The standard InChI is InChI=1S/C15H17Cl2N3/c1-3-10-7-5-6-8-13(10)19-15-12(17)9-11(16)14(20-15)18-4-2/h5-9H,3-4H2,1-2H3,(H2,18,19,20). The van der Waals surface area contributed by atoms with Gasteiger partial charge in [-0.25, -0.2) is 4.98 Å². The van der Waals surface area contributed by atoms with E-state index in [1.807, 2.05) is 25.1 Å². The molecule has 0 saturated heterocycles. The molecule has 2 aromatic rings. The zero-order valence-electron chi connectivity index (χ0n) is 11.5. The largest absolute Gasteiger partial charge is 0.369 e. The summed E-state index contributed by atoms with van der Waals surface area (Å²) in [5.41, 5.74) is 2.22. The fraction of sp³-hybridized carbons (Fsp3) is 0.267. The summed E-state index contributed by atoms with van der Waals surface area (Å²) in [5, 5.41) is 7.41. The molecule has 1 heterocycles. The Kier molecular flexibility index (Phi) is 5.10. The number of nitrogens with one attached hydrogen (secondary N) is 2. The molecule has 0 aliphatic carbocycles. The van der Waals surface area contributed by atoms with Crippen LogP contribution in [-0.4, -0.2) is 11.5 Å². The van der Waals surface area contributed by atoms with Gasteiger partial charge in [-0.15, -0.1) is 0 Å². The summed E-state index contributed by atoms with van der Waals surface area (Å²) >= 11 is 12.3. The van der Waals surface area contributed by atoms with Crippen molar-refractivity contribution in [2.75, 3.05) is 17.2 Å². The molecule has 0 fully saturated rings. The van der Waals surface area contributed by atoms with E-state index >= 15 is 0 Å². The number of halogens is 2. The van der Waals surface area contributed by atoms with Gasteiger partial charge >= 0.3 is 0 Å². The van der Waals surface area contributed by atoms with Gasteiger partial charge in [0.2, 0.25) is 0 Å². The summed E-state index contributed by atoms with van der Waals surface area (Å²) < 4.78 is 0. The Morgan fingerprint density at radius 2 is 1.75 bits per heavy atom. The first-order valence-electron chi connectivity index (χ1n) is 6.60. The molecule has 2 N–H and O–H groups in total. The Morgan fingerprint density at radius 3 is 2.45 bits per heavy atom. The Balaban J connectivity index is 2.35. The summed E-state index contributed by atoms with van der Waals surface area (Å²) in [6, 6.07) is 9.79. The van der Waals surface area contributed by atoms with E-state index in [2.05, 4.69) is 28.6 Å². The maximum absolute atomic E-state index is 6.21. The third-order valence-electron chi connectivity index (χ3n) is 2.93. The average molecular weight is 310 g/mol. The molecule has 2 rings (SSSR count). The molecule has 0 saturated carbocycles. The van der Waals surface area contributed by atoms with E-state index in [1.54, 1.807) is 6.07 Å². The minimum absolute atomic E-state index is 0.502. The molecular weight excluding hydrogens is 293 g/mol. The highest BCUT2D eigenvalue weighted by Gasteiger charge is 2.10. The molecule has 0 radical (unpaired) electrons. The molecule has 0 amide bonds. The molecule has 0 spiro atoms. The first-order valence-corrected chi connectivity index (χ1v) is 7.36. The lowest BCUT2D eigenvalue weighted by Crippen LogP contribution is -2.04. The topological polar surface area (TPSA) is 37.0 Å². The molecule has 5 heteroatoms. The van der Waals surface area contributed by atoms with E-state index in [1.165, 1.54) is 5.56 Å². The fourth-order valence-corrected chi connectivity index (χ4v) is 2.40. The lowest BCUT2D eigenvalue weighted by Gasteiger charge is -2.14. The fourth-order valence-electron chi connectivity index (χ4n) is 1.92. The third-order valence-corrected chi connectivity index (χ3v) is 3.50. The van der Waals surface area contributed by atoms with Crippen molar-refractivity contribution in [1.82, 2.24) is 4.98 Å². The van der Waals surface area contributed by atoms with Gasteiger partial charge in [0.05, 0.1) is 10.0 Å². The number of rotatable bonds is 5. The minimum atomic E-state index is 0.502. The number of pyridine rings is 1. The SMILES string of the molecule is CCNc1nc(Nc2ccccc2CC)c(Cl)cc1Cl. The predicted octanol–water partition coefficient (Wildman–Crippen LogP) is 5.13. The summed E-state index contributed by atoms with van der Waals surface area (Å²) in [6.07, 6.45) is 0.939. The van der Waals surface area contributed by atoms with Crippen molar-refractivity contribution in [3.8, 4) is 0 Å². The van der Waals surface area contributed by atoms with E-state index in [-0.39, 0.29) is 0 Å². The van der Waals surface area contributed by atoms with Gasteiger partial charge in [0.25, 0.3) is 0 Å². The van der Waals surface area contributed by atoms with Crippen LogP contribution in [0.5, 0.6) is 0 Å². The van der Waals surface area contributed by atoms with Crippen LogP contribution in [0.2, 0.25) is 10.0 Å². The molecule has 0 atom stereocenters. The summed E-state index contributed by atoms with van der Waals surface area (Å²) in [6.45, 7) is 4.85. The van der Waals surface area contributed by atoms with Crippen molar-refractivity contribution < 1.29 is 0 Å². The Labute approximate surface area is 129 Å². The highest BCUT2D eigenvalue weighted by atomic mass is 35.5. The molecule has 0 unspecified atom stereocenters. The van der Waals surface area contributed by atoms with E-state index < -0.39 is 0 Å². The molecule has 0 aliphatic heterocycles. The van der Waals surface area contributed by atoms with Crippen LogP contribution in [0, 0.1) is 0 Å². The maximum atomic E-state index is 6.21. The second-order valence-corrected chi connectivity index (χ2v) is 5.13. The molecule has 20 heavy (non-hydrogen) atoms. The van der Waals surface area contributed by atoms with Crippen molar-refractivity contribution in [2.24, 2.45) is 0 Å². The Bertz CT molecular complexity index is 600. The normalized spacial score (nSPS) is 10.4. The number of benzene rings is 1. The highest BCUT2D eigenvalue weighted by molar-refractivity contribution is 6.37. The van der Waals surface area contributed by atoms with Crippen molar-refractivity contribution >= 4 is 40.5 Å². The van der Waals surface area contributed by atoms with Gasteiger partial charge in [-0.2, -0.15) is 0 Å². The van der Waals surface area contributed by atoms with Gasteiger partial charge in [-0.1, -0.05) is 48.3 Å². The first-order chi connectivity index (χ1) is 9.65. The zero-order chi connectivity index (χ0) is 14.5. The van der Waals surface area contributed by atoms with E-state index in [0.29, 0.717) is 21.7 Å². The number of hydrogen-bond acceptors (Lipinski definition) is 3. The molecule has 1 aromatic heterocycles. The number of hydrogen-bond donors (Lipinski definition) is 2. The average Bonchev–Trinajstić information content (AvgIpc) is 2.45. The van der Waals surface area contributed by atoms with Gasteiger partial charge in [0, 0.05) is 12.2 Å². The van der Waals surface area contributed by atoms with Crippen LogP contribution in [0.4, 0.5) is 17.3 Å². The predicted molar refractivity (Wildman–Crippen MR) is 87.5 cm³/mol.